The van der Waals surface area contributed by atoms with Gasteiger partial charge in [-0.15, -0.1) is 0 Å². The van der Waals surface area contributed by atoms with Crippen LogP contribution in [0.5, 0.6) is 0 Å². The summed E-state index contributed by atoms with van der Waals surface area (Å²) in [4.78, 5) is 28.2. The first-order valence-electron chi connectivity index (χ1n) is 11.8. The highest BCUT2D eigenvalue weighted by Gasteiger charge is 2.34. The van der Waals surface area contributed by atoms with Gasteiger partial charge in [0.25, 0.3) is 0 Å². The number of aryl methyl sites for hydroxylation is 3. The lowest BCUT2D eigenvalue weighted by Crippen LogP contribution is -2.53. The lowest BCUT2D eigenvalue weighted by Gasteiger charge is -2.34. The third kappa shape index (κ3) is 6.82. The van der Waals surface area contributed by atoms with Gasteiger partial charge in [-0.05, 0) is 62.4 Å². The number of rotatable bonds is 11. The van der Waals surface area contributed by atoms with E-state index in [1.165, 1.54) is 19.0 Å². The monoisotopic (exact) mass is 502 g/mol. The van der Waals surface area contributed by atoms with Crippen LogP contribution in [0.4, 0.5) is 5.69 Å². The van der Waals surface area contributed by atoms with Crippen molar-refractivity contribution >= 4 is 27.7 Å². The molecule has 0 spiro atoms. The number of carbonyl (C=O) groups excluding carboxylic acids is 2. The summed E-state index contributed by atoms with van der Waals surface area (Å²) in [5, 5.41) is 2.81. The molecule has 1 atom stereocenters. The zero-order chi connectivity index (χ0) is 26.3. The Morgan fingerprint density at radius 3 is 2.20 bits per heavy atom. The van der Waals surface area contributed by atoms with E-state index in [9.17, 15) is 18.0 Å². The van der Waals surface area contributed by atoms with Crippen LogP contribution in [0, 0.1) is 20.8 Å². The Balaban J connectivity index is 2.57. The first-order valence-corrected chi connectivity index (χ1v) is 13.2. The molecule has 0 bridgehead atoms. The second kappa shape index (κ2) is 12.2. The van der Waals surface area contributed by atoms with Gasteiger partial charge in [0.1, 0.15) is 12.6 Å². The second-order valence-electron chi connectivity index (χ2n) is 8.85. The predicted octanol–water partition coefficient (Wildman–Crippen LogP) is 3.17. The maximum Gasteiger partial charge on any atom is 0.304 e. The first kappa shape index (κ1) is 28.3. The van der Waals surface area contributed by atoms with E-state index >= 15 is 0 Å². The van der Waals surface area contributed by atoms with Gasteiger partial charge in [-0.25, -0.2) is 4.31 Å². The van der Waals surface area contributed by atoms with Gasteiger partial charge in [0.05, 0.1) is 5.69 Å². The molecule has 0 saturated heterocycles. The van der Waals surface area contributed by atoms with E-state index in [1.54, 1.807) is 6.07 Å². The number of hydrogen-bond acceptors (Lipinski definition) is 4. The third-order valence-electron chi connectivity index (χ3n) is 5.99. The molecule has 0 fully saturated rings. The lowest BCUT2D eigenvalue weighted by molar-refractivity contribution is -0.140. The van der Waals surface area contributed by atoms with E-state index in [0.717, 1.165) is 30.9 Å². The summed E-state index contributed by atoms with van der Waals surface area (Å²) in [6.45, 7) is 9.51. The normalized spacial score (nSPS) is 12.3. The van der Waals surface area contributed by atoms with Gasteiger partial charge in [-0.1, -0.05) is 43.3 Å². The average Bonchev–Trinajstić information content (AvgIpc) is 2.80. The van der Waals surface area contributed by atoms with Gasteiger partial charge in [0.15, 0.2) is 0 Å². The van der Waals surface area contributed by atoms with Crippen LogP contribution in [-0.2, 0) is 26.3 Å². The van der Waals surface area contributed by atoms with Crippen molar-refractivity contribution in [2.75, 3.05) is 31.5 Å². The summed E-state index contributed by atoms with van der Waals surface area (Å²) in [5.74, 6) is -0.705. The van der Waals surface area contributed by atoms with Gasteiger partial charge in [-0.2, -0.15) is 12.7 Å². The molecule has 35 heavy (non-hydrogen) atoms. The topological polar surface area (TPSA) is 90.0 Å². The number of nitrogens with one attached hydrogen (secondary N) is 1. The fourth-order valence-corrected chi connectivity index (χ4v) is 4.99. The van der Waals surface area contributed by atoms with Crippen molar-refractivity contribution in [3.05, 3.63) is 64.7 Å². The molecule has 2 aromatic carbocycles. The molecular formula is C26H38N4O4S. The van der Waals surface area contributed by atoms with Crippen molar-refractivity contribution in [1.29, 1.82) is 0 Å². The summed E-state index contributed by atoms with van der Waals surface area (Å²) in [5.41, 5.74) is 3.94. The molecule has 0 radical (unpaired) electrons. The van der Waals surface area contributed by atoms with Crippen LogP contribution in [-0.4, -0.2) is 62.7 Å². The van der Waals surface area contributed by atoms with Crippen molar-refractivity contribution in [3.8, 4) is 0 Å². The molecule has 0 aliphatic rings. The molecule has 2 aromatic rings. The summed E-state index contributed by atoms with van der Waals surface area (Å²) in [6.07, 6.45) is 0.396. The Hall–Kier alpha value is -2.91. The maximum absolute atomic E-state index is 13.8. The van der Waals surface area contributed by atoms with Crippen LogP contribution in [0.3, 0.4) is 0 Å². The van der Waals surface area contributed by atoms with Crippen molar-refractivity contribution in [1.82, 2.24) is 14.5 Å². The van der Waals surface area contributed by atoms with Crippen LogP contribution >= 0.6 is 0 Å². The number of nitrogens with zero attached hydrogens (tertiary/aromatic N) is 3. The molecule has 0 aliphatic heterocycles. The van der Waals surface area contributed by atoms with Gasteiger partial charge in [0, 0.05) is 27.2 Å². The van der Waals surface area contributed by atoms with Crippen LogP contribution in [0.1, 0.15) is 42.5 Å². The van der Waals surface area contributed by atoms with Gasteiger partial charge < -0.3 is 10.2 Å². The predicted molar refractivity (Wildman–Crippen MR) is 140 cm³/mol. The highest BCUT2D eigenvalue weighted by molar-refractivity contribution is 7.90. The Morgan fingerprint density at radius 2 is 1.63 bits per heavy atom. The van der Waals surface area contributed by atoms with Crippen molar-refractivity contribution in [2.24, 2.45) is 0 Å². The quantitative estimate of drug-likeness (QED) is 0.511. The molecule has 8 nitrogen and oxygen atoms in total. The van der Waals surface area contributed by atoms with Crippen molar-refractivity contribution in [3.63, 3.8) is 0 Å². The number of carbonyl (C=O) groups is 2. The molecule has 9 heteroatoms. The largest absolute Gasteiger partial charge is 0.355 e. The molecule has 0 saturated carbocycles. The Bertz CT molecular complexity index is 1150. The van der Waals surface area contributed by atoms with Crippen LogP contribution in [0.25, 0.3) is 0 Å². The second-order valence-corrected chi connectivity index (χ2v) is 10.9. The summed E-state index contributed by atoms with van der Waals surface area (Å²) in [7, 11) is -1.11. The van der Waals surface area contributed by atoms with E-state index in [0.29, 0.717) is 18.7 Å². The molecule has 1 N–H and O–H groups in total. The highest BCUT2D eigenvalue weighted by atomic mass is 32.2. The van der Waals surface area contributed by atoms with Crippen LogP contribution < -0.4 is 9.62 Å². The van der Waals surface area contributed by atoms with E-state index in [-0.39, 0.29) is 12.5 Å². The molecule has 2 amide bonds. The molecular weight excluding hydrogens is 464 g/mol. The zero-order valence-corrected chi connectivity index (χ0v) is 22.6. The molecule has 192 valence electrons. The van der Waals surface area contributed by atoms with Crippen LogP contribution in [0.2, 0.25) is 0 Å². The molecule has 0 unspecified atom stereocenters. The Kier molecular flexibility index (Phi) is 9.85. The molecule has 0 aliphatic carbocycles. The fraction of sp³-hybridized carbons (Fsp3) is 0.462. The first-order chi connectivity index (χ1) is 16.4. The van der Waals surface area contributed by atoms with E-state index < -0.39 is 28.7 Å². The summed E-state index contributed by atoms with van der Waals surface area (Å²) in [6, 6.07) is 12.4. The highest BCUT2D eigenvalue weighted by Crippen LogP contribution is 2.26. The Labute approximate surface area is 210 Å². The number of anilines is 1. The van der Waals surface area contributed by atoms with Crippen molar-refractivity contribution < 1.29 is 18.0 Å². The Morgan fingerprint density at radius 1 is 0.971 bits per heavy atom. The summed E-state index contributed by atoms with van der Waals surface area (Å²) < 4.78 is 28.9. The minimum atomic E-state index is -3.99. The standard InChI is InChI=1S/C26H38N4O4S/c1-8-23(26(32)27-9-2)29(17-22-13-11-10-12-20(22)4)25(31)18-30(35(33,34)28(6)7)24-16-19(3)14-15-21(24)5/h10-16,23H,8-9,17-18H2,1-7H3,(H,27,32)/t23-/m1/s1. The average molecular weight is 503 g/mol. The lowest BCUT2D eigenvalue weighted by atomic mass is 10.1. The number of amides is 2. The van der Waals surface area contributed by atoms with Crippen LogP contribution in [0.15, 0.2) is 42.5 Å². The molecule has 2 rings (SSSR count). The molecule has 0 aromatic heterocycles. The summed E-state index contributed by atoms with van der Waals surface area (Å²) >= 11 is 0. The molecule has 0 heterocycles. The third-order valence-corrected chi connectivity index (χ3v) is 7.80. The SMILES string of the molecule is CCNC(=O)[C@@H](CC)N(Cc1ccccc1C)C(=O)CN(c1cc(C)ccc1C)S(=O)(=O)N(C)C. The van der Waals surface area contributed by atoms with Gasteiger partial charge in [0.2, 0.25) is 11.8 Å². The fourth-order valence-electron chi connectivity index (χ4n) is 3.87. The van der Waals surface area contributed by atoms with Crippen molar-refractivity contribution in [2.45, 2.75) is 53.6 Å². The number of likely N-dealkylation sites (N-methyl/N-ethyl adjacent to an activating group) is 1. The maximum atomic E-state index is 13.8. The number of benzene rings is 2. The van der Waals surface area contributed by atoms with Gasteiger partial charge >= 0.3 is 10.2 Å². The van der Waals surface area contributed by atoms with Gasteiger partial charge in [-0.3, -0.25) is 9.59 Å². The van der Waals surface area contributed by atoms with E-state index in [2.05, 4.69) is 5.32 Å². The minimum absolute atomic E-state index is 0.198. The van der Waals surface area contributed by atoms with E-state index in [4.69, 9.17) is 0 Å². The number of hydrogen-bond donors (Lipinski definition) is 1. The smallest absolute Gasteiger partial charge is 0.304 e. The van der Waals surface area contributed by atoms with E-state index in [1.807, 2.05) is 71.0 Å². The zero-order valence-electron chi connectivity index (χ0n) is 21.8. The minimum Gasteiger partial charge on any atom is -0.355 e.